The molecule has 0 bridgehead atoms. The molecule has 11 heteroatoms. The van der Waals surface area contributed by atoms with Crippen LogP contribution in [0.4, 0.5) is 0 Å². The van der Waals surface area contributed by atoms with E-state index in [1.807, 2.05) is 18.2 Å². The lowest BCUT2D eigenvalue weighted by Crippen LogP contribution is -2.53. The number of amides is 3. The highest BCUT2D eigenvalue weighted by molar-refractivity contribution is 5.88. The first-order valence-corrected chi connectivity index (χ1v) is 30.2. The predicted octanol–water partition coefficient (Wildman–Crippen LogP) is 15.5. The summed E-state index contributed by atoms with van der Waals surface area (Å²) >= 11 is 0. The number of hydrogen-bond donors (Lipinski definition) is 3. The number of nitrogens with one attached hydrogen (secondary N) is 3. The molecule has 426 valence electrons. The maximum absolute atomic E-state index is 13.5. The zero-order valence-electron chi connectivity index (χ0n) is 48.9. The molecule has 2 atom stereocenters. The number of carbonyl (C=O) groups is 3. The van der Waals surface area contributed by atoms with Crippen LogP contribution >= 0.6 is 0 Å². The van der Waals surface area contributed by atoms with E-state index in [4.69, 9.17) is 18.9 Å². The summed E-state index contributed by atoms with van der Waals surface area (Å²) in [5.41, 5.74) is 0.340. The van der Waals surface area contributed by atoms with Crippen LogP contribution in [0.3, 0.4) is 0 Å². The van der Waals surface area contributed by atoms with Crippen LogP contribution in [-0.2, 0) is 23.9 Å². The van der Waals surface area contributed by atoms with Gasteiger partial charge in [-0.1, -0.05) is 162 Å². The summed E-state index contributed by atoms with van der Waals surface area (Å²) in [6, 6.07) is 4.80. The Morgan fingerprint density at radius 1 is 0.608 bits per heavy atom. The van der Waals surface area contributed by atoms with Gasteiger partial charge in [0.1, 0.15) is 17.5 Å². The van der Waals surface area contributed by atoms with Gasteiger partial charge in [-0.15, -0.1) is 0 Å². The molecule has 3 amide bonds. The fourth-order valence-corrected chi connectivity index (χ4v) is 9.12. The lowest BCUT2D eigenvalue weighted by molar-refractivity contribution is -0.129. The Balaban J connectivity index is 2.63. The Morgan fingerprint density at radius 2 is 1.12 bits per heavy atom. The molecule has 0 saturated heterocycles. The van der Waals surface area contributed by atoms with Crippen LogP contribution in [0.1, 0.15) is 259 Å². The van der Waals surface area contributed by atoms with Crippen molar-refractivity contribution in [1.82, 2.24) is 16.0 Å². The van der Waals surface area contributed by atoms with Gasteiger partial charge >= 0.3 is 0 Å². The van der Waals surface area contributed by atoms with Crippen molar-refractivity contribution >= 4 is 23.9 Å². The molecule has 0 heterocycles. The summed E-state index contributed by atoms with van der Waals surface area (Å²) in [7, 11) is 3.41. The first-order chi connectivity index (χ1) is 36.0. The average molecular weight is 1040 g/mol. The minimum absolute atomic E-state index is 0.0420. The van der Waals surface area contributed by atoms with Crippen molar-refractivity contribution in [2.45, 2.75) is 271 Å². The highest BCUT2D eigenvalue weighted by atomic mass is 16.5. The number of carbonyl (C=O) groups excluding carboxylic acids is 3. The van der Waals surface area contributed by atoms with Crippen molar-refractivity contribution < 1.29 is 33.3 Å². The third-order valence-corrected chi connectivity index (χ3v) is 14.8. The van der Waals surface area contributed by atoms with Crippen molar-refractivity contribution in [1.29, 1.82) is 0 Å². The second-order valence-electron chi connectivity index (χ2n) is 20.9. The molecular weight excluding hydrogens is 925 g/mol. The monoisotopic (exact) mass is 1040 g/mol. The standard InChI is InChI=1S/C63H112N4O7/c1-9-14-16-18-20-22-24-26-28-30-32-34-36-38-40-42-59(68)66-54-57(67-60(69)43-41-39-37-35-33-31-29-27-25-23-21-19-17-15-10-2)61(70)65-49-48-64-53-55-44-45-56(52-58(55)71-7)73-50-46-62(6,11-3)74-51-47-63(12-4,13-5)72-8/h26-29,44-45,52-53,57H,9-25,30-43,46-51,54H2,1-8H3,(H,65,70)(H,66,68)(H,67,69). The molecule has 11 nitrogen and oxygen atoms in total. The molecule has 0 aliphatic heterocycles. The van der Waals surface area contributed by atoms with Gasteiger partial charge in [0.25, 0.3) is 0 Å². The molecule has 1 rings (SSSR count). The van der Waals surface area contributed by atoms with Crippen molar-refractivity contribution in [3.05, 3.63) is 48.1 Å². The van der Waals surface area contributed by atoms with Gasteiger partial charge in [-0.3, -0.25) is 19.4 Å². The van der Waals surface area contributed by atoms with Gasteiger partial charge in [0.15, 0.2) is 0 Å². The second-order valence-corrected chi connectivity index (χ2v) is 20.9. The number of aliphatic imine (C=N–C) groups is 1. The van der Waals surface area contributed by atoms with E-state index in [2.05, 4.69) is 86.8 Å². The van der Waals surface area contributed by atoms with Crippen LogP contribution in [0.2, 0.25) is 0 Å². The largest absolute Gasteiger partial charge is 0.496 e. The Labute approximate surface area is 453 Å². The van der Waals surface area contributed by atoms with Crippen molar-refractivity contribution in [2.75, 3.05) is 47.1 Å². The summed E-state index contributed by atoms with van der Waals surface area (Å²) < 4.78 is 24.1. The van der Waals surface area contributed by atoms with E-state index in [0.717, 1.165) is 102 Å². The number of allylic oxidation sites excluding steroid dienone is 4. The minimum atomic E-state index is -0.876. The first-order valence-electron chi connectivity index (χ1n) is 30.2. The number of unbranched alkanes of at least 4 members (excludes halogenated alkanes) is 22. The van der Waals surface area contributed by atoms with Gasteiger partial charge in [-0.05, 0) is 109 Å². The normalized spacial score (nSPS) is 13.2. The zero-order chi connectivity index (χ0) is 54.2. The van der Waals surface area contributed by atoms with Gasteiger partial charge in [0.2, 0.25) is 17.7 Å². The van der Waals surface area contributed by atoms with E-state index >= 15 is 0 Å². The van der Waals surface area contributed by atoms with Crippen molar-refractivity contribution in [3.63, 3.8) is 0 Å². The molecule has 0 aliphatic carbocycles. The lowest BCUT2D eigenvalue weighted by atomic mass is 9.93. The summed E-state index contributed by atoms with van der Waals surface area (Å²) in [6.07, 6.45) is 47.2. The molecule has 0 aromatic heterocycles. The average Bonchev–Trinajstić information content (AvgIpc) is 3.41. The minimum Gasteiger partial charge on any atom is -0.496 e. The first kappa shape index (κ1) is 68.3. The molecule has 0 saturated carbocycles. The van der Waals surface area contributed by atoms with E-state index in [0.29, 0.717) is 44.1 Å². The fourth-order valence-electron chi connectivity index (χ4n) is 9.12. The Kier molecular flexibility index (Phi) is 43.0. The maximum atomic E-state index is 13.5. The summed E-state index contributed by atoms with van der Waals surface area (Å²) in [5, 5.41) is 8.78. The van der Waals surface area contributed by atoms with Crippen molar-refractivity contribution in [3.8, 4) is 11.5 Å². The van der Waals surface area contributed by atoms with Gasteiger partial charge in [0.05, 0.1) is 38.1 Å². The molecule has 0 radical (unpaired) electrons. The summed E-state index contributed by atoms with van der Waals surface area (Å²) in [5.74, 6) is 0.719. The number of methoxy groups -OCH3 is 2. The van der Waals surface area contributed by atoms with Crippen molar-refractivity contribution in [2.24, 2.45) is 4.99 Å². The van der Waals surface area contributed by atoms with E-state index in [1.165, 1.54) is 103 Å². The van der Waals surface area contributed by atoms with Gasteiger partial charge in [-0.25, -0.2) is 0 Å². The molecule has 2 unspecified atom stereocenters. The molecule has 3 N–H and O–H groups in total. The Hall–Kier alpha value is -3.70. The molecular formula is C63H112N4O7. The molecule has 74 heavy (non-hydrogen) atoms. The SMILES string of the molecule is CCCCCCCCC=CCCCCCCCC(=O)NCC(NC(=O)CCCCCCCC=CCCCCCCCC)C(=O)NCCN=Cc1ccc(OCCC(C)(CC)OCCC(CC)(CC)OC)cc1OC. The second kappa shape index (κ2) is 46.6. The zero-order valence-corrected chi connectivity index (χ0v) is 48.9. The number of hydrogen-bond acceptors (Lipinski definition) is 8. The molecule has 0 aliphatic rings. The summed E-state index contributed by atoms with van der Waals surface area (Å²) in [6.45, 7) is 14.9. The van der Waals surface area contributed by atoms with E-state index in [1.54, 1.807) is 20.4 Å². The molecule has 1 aromatic carbocycles. The molecule has 1 aromatic rings. The van der Waals surface area contributed by atoms with Crippen LogP contribution in [0.15, 0.2) is 47.5 Å². The lowest BCUT2D eigenvalue weighted by Gasteiger charge is -2.34. The quantitative estimate of drug-likeness (QED) is 0.0336. The highest BCUT2D eigenvalue weighted by Crippen LogP contribution is 2.28. The topological polar surface area (TPSA) is 137 Å². The van der Waals surface area contributed by atoms with E-state index in [9.17, 15) is 14.4 Å². The van der Waals surface area contributed by atoms with Gasteiger partial charge in [0, 0.05) is 57.3 Å². The number of ether oxygens (including phenoxy) is 4. The Bertz CT molecular complexity index is 1620. The van der Waals surface area contributed by atoms with Crippen LogP contribution < -0.4 is 25.4 Å². The number of rotatable bonds is 51. The van der Waals surface area contributed by atoms with Crippen LogP contribution in [0, 0.1) is 0 Å². The molecule has 0 fully saturated rings. The van der Waals surface area contributed by atoms with E-state index < -0.39 is 6.04 Å². The summed E-state index contributed by atoms with van der Waals surface area (Å²) in [4.78, 5) is 44.1. The van der Waals surface area contributed by atoms with Crippen LogP contribution in [-0.4, -0.2) is 88.2 Å². The third-order valence-electron chi connectivity index (χ3n) is 14.8. The number of benzene rings is 1. The smallest absolute Gasteiger partial charge is 0.244 e. The van der Waals surface area contributed by atoms with E-state index in [-0.39, 0.29) is 42.0 Å². The number of nitrogens with zero attached hydrogens (tertiary/aromatic N) is 1. The highest BCUT2D eigenvalue weighted by Gasteiger charge is 2.29. The Morgan fingerprint density at radius 3 is 1.62 bits per heavy atom. The van der Waals surface area contributed by atoms with Crippen LogP contribution in [0.5, 0.6) is 11.5 Å². The fraction of sp³-hybridized carbons (Fsp3) is 0.778. The third kappa shape index (κ3) is 35.5. The van der Waals surface area contributed by atoms with Gasteiger partial charge < -0.3 is 34.9 Å². The van der Waals surface area contributed by atoms with Gasteiger partial charge in [-0.2, -0.15) is 0 Å². The van der Waals surface area contributed by atoms with Crippen LogP contribution in [0.25, 0.3) is 0 Å². The molecule has 0 spiro atoms. The predicted molar refractivity (Wildman–Crippen MR) is 312 cm³/mol. The maximum Gasteiger partial charge on any atom is 0.244 e.